The summed E-state index contributed by atoms with van der Waals surface area (Å²) in [6, 6.07) is 14.8. The second-order valence-corrected chi connectivity index (χ2v) is 6.78. The molecule has 1 N–H and O–H groups in total. The zero-order valence-corrected chi connectivity index (χ0v) is 15.4. The first-order chi connectivity index (χ1) is 12.6. The second-order valence-electron chi connectivity index (χ2n) is 5.82. The van der Waals surface area contributed by atoms with Gasteiger partial charge in [0.25, 0.3) is 5.69 Å². The average Bonchev–Trinajstić information content (AvgIpc) is 3.00. The van der Waals surface area contributed by atoms with Crippen LogP contribution in [0.25, 0.3) is 0 Å². The molecule has 3 rings (SSSR count). The van der Waals surface area contributed by atoms with E-state index in [1.165, 1.54) is 23.4 Å². The predicted molar refractivity (Wildman–Crippen MR) is 102 cm³/mol. The van der Waals surface area contributed by atoms with Crippen LogP contribution in [-0.4, -0.2) is 22.0 Å². The minimum atomic E-state index is -0.400. The molecule has 0 aliphatic carbocycles. The van der Waals surface area contributed by atoms with E-state index in [9.17, 15) is 10.1 Å². The summed E-state index contributed by atoms with van der Waals surface area (Å²) in [5, 5.41) is 11.8. The number of aromatic nitrogens is 2. The highest BCUT2D eigenvalue weighted by atomic mass is 32.2. The van der Waals surface area contributed by atoms with Crippen LogP contribution < -0.4 is 4.74 Å². The number of non-ortho nitro benzene ring substituents is 1. The Labute approximate surface area is 155 Å². The van der Waals surface area contributed by atoms with Gasteiger partial charge >= 0.3 is 0 Å². The molecule has 1 heterocycles. The van der Waals surface area contributed by atoms with E-state index in [1.54, 1.807) is 19.2 Å². The second kappa shape index (κ2) is 8.05. The molecule has 7 heteroatoms. The van der Waals surface area contributed by atoms with Gasteiger partial charge in [-0.1, -0.05) is 42.1 Å². The molecule has 1 aromatic heterocycles. The van der Waals surface area contributed by atoms with Gasteiger partial charge in [0.2, 0.25) is 0 Å². The zero-order chi connectivity index (χ0) is 18.5. The molecule has 0 saturated carbocycles. The molecular weight excluding hydrogens is 350 g/mol. The number of nitrogens with zero attached hydrogens (tertiary/aromatic N) is 2. The Morgan fingerprint density at radius 1 is 1.23 bits per heavy atom. The van der Waals surface area contributed by atoms with Crippen LogP contribution in [0.1, 0.15) is 22.5 Å². The molecule has 2 aromatic carbocycles. The van der Waals surface area contributed by atoms with E-state index in [-0.39, 0.29) is 5.69 Å². The van der Waals surface area contributed by atoms with Gasteiger partial charge < -0.3 is 9.72 Å². The Balaban J connectivity index is 1.73. The lowest BCUT2D eigenvalue weighted by atomic mass is 10.1. The highest BCUT2D eigenvalue weighted by molar-refractivity contribution is 7.98. The number of imidazole rings is 1. The maximum absolute atomic E-state index is 11.0. The molecule has 0 saturated heterocycles. The number of rotatable bonds is 7. The SMILES string of the molecule is COc1ccc([N+](=O)[O-])cc1CSc1nc(Cc2ccccc2)c(C)[nH]1. The zero-order valence-electron chi connectivity index (χ0n) is 14.6. The van der Waals surface area contributed by atoms with Gasteiger partial charge in [-0.2, -0.15) is 0 Å². The Kier molecular flexibility index (Phi) is 5.58. The van der Waals surface area contributed by atoms with Crippen molar-refractivity contribution in [3.63, 3.8) is 0 Å². The summed E-state index contributed by atoms with van der Waals surface area (Å²) in [4.78, 5) is 18.5. The van der Waals surface area contributed by atoms with Crippen molar-refractivity contribution in [3.05, 3.63) is 81.2 Å². The Hall–Kier alpha value is -2.80. The number of aromatic amines is 1. The minimum Gasteiger partial charge on any atom is -0.496 e. The fourth-order valence-electron chi connectivity index (χ4n) is 2.63. The molecule has 0 atom stereocenters. The first-order valence-corrected chi connectivity index (χ1v) is 9.09. The van der Waals surface area contributed by atoms with E-state index < -0.39 is 4.92 Å². The summed E-state index contributed by atoms with van der Waals surface area (Å²) < 4.78 is 5.31. The molecule has 0 aliphatic heterocycles. The van der Waals surface area contributed by atoms with E-state index in [1.807, 2.05) is 25.1 Å². The van der Waals surface area contributed by atoms with Crippen LogP contribution in [0, 0.1) is 17.0 Å². The maximum atomic E-state index is 11.0. The van der Waals surface area contributed by atoms with Crippen molar-refractivity contribution in [1.29, 1.82) is 0 Å². The van der Waals surface area contributed by atoms with Gasteiger partial charge in [-0.25, -0.2) is 4.98 Å². The number of nitro benzene ring substituents is 1. The Morgan fingerprint density at radius 2 is 2.00 bits per heavy atom. The summed E-state index contributed by atoms with van der Waals surface area (Å²) in [6.07, 6.45) is 0.768. The summed E-state index contributed by atoms with van der Waals surface area (Å²) in [5.74, 6) is 1.17. The number of methoxy groups -OCH3 is 1. The van der Waals surface area contributed by atoms with Gasteiger partial charge in [0.15, 0.2) is 5.16 Å². The van der Waals surface area contributed by atoms with E-state index in [0.717, 1.165) is 28.5 Å². The van der Waals surface area contributed by atoms with E-state index >= 15 is 0 Å². The normalized spacial score (nSPS) is 10.7. The quantitative estimate of drug-likeness (QED) is 0.376. The molecule has 0 bridgehead atoms. The van der Waals surface area contributed by atoms with Crippen molar-refractivity contribution in [3.8, 4) is 5.75 Å². The lowest BCUT2D eigenvalue weighted by molar-refractivity contribution is -0.384. The number of benzene rings is 2. The number of nitrogens with one attached hydrogen (secondary N) is 1. The van der Waals surface area contributed by atoms with Gasteiger partial charge in [0.05, 0.1) is 17.7 Å². The molecular formula is C19H19N3O3S. The van der Waals surface area contributed by atoms with Gasteiger partial charge in [-0.15, -0.1) is 0 Å². The number of ether oxygens (including phenoxy) is 1. The van der Waals surface area contributed by atoms with E-state index in [2.05, 4.69) is 22.1 Å². The number of thioether (sulfide) groups is 1. The fourth-order valence-corrected chi connectivity index (χ4v) is 3.55. The average molecular weight is 369 g/mol. The Morgan fingerprint density at radius 3 is 2.69 bits per heavy atom. The number of H-pyrrole nitrogens is 1. The number of hydrogen-bond donors (Lipinski definition) is 1. The molecule has 26 heavy (non-hydrogen) atoms. The molecule has 0 radical (unpaired) electrons. The third-order valence-electron chi connectivity index (χ3n) is 4.02. The third kappa shape index (κ3) is 4.23. The summed E-state index contributed by atoms with van der Waals surface area (Å²) in [7, 11) is 1.56. The van der Waals surface area contributed by atoms with Crippen LogP contribution >= 0.6 is 11.8 Å². The van der Waals surface area contributed by atoms with Gasteiger partial charge in [-0.3, -0.25) is 10.1 Å². The lowest BCUT2D eigenvalue weighted by Gasteiger charge is -2.07. The van der Waals surface area contributed by atoms with E-state index in [0.29, 0.717) is 11.5 Å². The topological polar surface area (TPSA) is 81.1 Å². The molecule has 0 aliphatic rings. The number of hydrogen-bond acceptors (Lipinski definition) is 5. The van der Waals surface area contributed by atoms with Gasteiger partial charge in [0, 0.05) is 35.6 Å². The Bertz CT molecular complexity index is 910. The monoisotopic (exact) mass is 369 g/mol. The molecule has 6 nitrogen and oxygen atoms in total. The number of aryl methyl sites for hydroxylation is 1. The molecule has 0 unspecified atom stereocenters. The highest BCUT2D eigenvalue weighted by Gasteiger charge is 2.13. The smallest absolute Gasteiger partial charge is 0.270 e. The van der Waals surface area contributed by atoms with Crippen LogP contribution in [0.5, 0.6) is 5.75 Å². The van der Waals surface area contributed by atoms with Crippen LogP contribution in [0.4, 0.5) is 5.69 Å². The summed E-state index contributed by atoms with van der Waals surface area (Å²) in [6.45, 7) is 2.00. The first kappa shape index (κ1) is 18.0. The van der Waals surface area contributed by atoms with Gasteiger partial charge in [-0.05, 0) is 18.6 Å². The van der Waals surface area contributed by atoms with E-state index in [4.69, 9.17) is 4.74 Å². The molecule has 134 valence electrons. The standard InChI is InChI=1S/C19H19N3O3S/c1-13-17(10-14-6-4-3-5-7-14)21-19(20-13)26-12-15-11-16(22(23)24)8-9-18(15)25-2/h3-9,11H,10,12H2,1-2H3,(H,20,21). The van der Waals surface area contributed by atoms with Crippen molar-refractivity contribution < 1.29 is 9.66 Å². The van der Waals surface area contributed by atoms with Crippen molar-refractivity contribution in [1.82, 2.24) is 9.97 Å². The van der Waals surface area contributed by atoms with Crippen molar-refractivity contribution in [2.45, 2.75) is 24.3 Å². The predicted octanol–water partition coefficient (Wildman–Crippen LogP) is 4.52. The fraction of sp³-hybridized carbons (Fsp3) is 0.211. The van der Waals surface area contributed by atoms with Crippen molar-refractivity contribution in [2.24, 2.45) is 0 Å². The summed E-state index contributed by atoms with van der Waals surface area (Å²) >= 11 is 1.50. The van der Waals surface area contributed by atoms with Crippen LogP contribution in [0.15, 0.2) is 53.7 Å². The molecule has 0 amide bonds. The third-order valence-corrected chi connectivity index (χ3v) is 4.94. The lowest BCUT2D eigenvalue weighted by Crippen LogP contribution is -1.94. The molecule has 3 aromatic rings. The van der Waals surface area contributed by atoms with Gasteiger partial charge in [0.1, 0.15) is 5.75 Å². The maximum Gasteiger partial charge on any atom is 0.270 e. The van der Waals surface area contributed by atoms with Crippen molar-refractivity contribution >= 4 is 17.4 Å². The summed E-state index contributed by atoms with van der Waals surface area (Å²) in [5.41, 5.74) is 4.07. The first-order valence-electron chi connectivity index (χ1n) is 8.10. The molecule has 0 spiro atoms. The largest absolute Gasteiger partial charge is 0.496 e. The highest BCUT2D eigenvalue weighted by Crippen LogP contribution is 2.30. The molecule has 0 fully saturated rings. The number of nitro groups is 1. The van der Waals surface area contributed by atoms with Crippen LogP contribution in [0.3, 0.4) is 0 Å². The van der Waals surface area contributed by atoms with Crippen LogP contribution in [-0.2, 0) is 12.2 Å². The van der Waals surface area contributed by atoms with Crippen LogP contribution in [0.2, 0.25) is 0 Å². The van der Waals surface area contributed by atoms with Crippen molar-refractivity contribution in [2.75, 3.05) is 7.11 Å². The minimum absolute atomic E-state index is 0.0572.